The number of aliphatic carboxylic acids is 1. The smallest absolute Gasteiger partial charge is 0.390 e. The third kappa shape index (κ3) is 5.30. The van der Waals surface area contributed by atoms with Gasteiger partial charge in [0.05, 0.1) is 18.9 Å². The minimum absolute atomic E-state index is 0.227. The first kappa shape index (κ1) is 18.4. The van der Waals surface area contributed by atoms with E-state index in [0.29, 0.717) is 5.69 Å². The summed E-state index contributed by atoms with van der Waals surface area (Å²) in [5.74, 6) is -1.65. The fraction of sp³-hybridized carbons (Fsp3) is 0.692. The predicted octanol–water partition coefficient (Wildman–Crippen LogP) is 1.05. The molecule has 126 valence electrons. The van der Waals surface area contributed by atoms with Crippen LogP contribution in [0.15, 0.2) is 12.5 Å². The standard InChI is InChI=1S/C13H20F3N3O3/c1-8(11(20)10(17-2)12(21)22)5-9-6-18-7-19(9)4-3-13(14,15)16/h6-8,10-11,17,20H,3-5H2,1-2H3,(H,21,22)/t8-,10+,11-/m1/s1. The van der Waals surface area contributed by atoms with Gasteiger partial charge in [0.25, 0.3) is 0 Å². The second-order valence-corrected chi connectivity index (χ2v) is 5.22. The number of nitrogens with one attached hydrogen (secondary N) is 1. The van der Waals surface area contributed by atoms with Crippen molar-refractivity contribution in [2.75, 3.05) is 7.05 Å². The molecule has 0 aliphatic rings. The largest absolute Gasteiger partial charge is 0.480 e. The number of rotatable bonds is 8. The van der Waals surface area contributed by atoms with Crippen LogP contribution in [0, 0.1) is 5.92 Å². The third-order valence-electron chi connectivity index (χ3n) is 3.47. The molecule has 0 saturated carbocycles. The number of likely N-dealkylation sites (N-methyl/N-ethyl adjacent to an activating group) is 1. The molecule has 0 spiro atoms. The molecule has 0 fully saturated rings. The molecule has 1 aromatic heterocycles. The molecule has 0 saturated heterocycles. The highest BCUT2D eigenvalue weighted by Crippen LogP contribution is 2.21. The molecule has 0 unspecified atom stereocenters. The topological polar surface area (TPSA) is 87.4 Å². The summed E-state index contributed by atoms with van der Waals surface area (Å²) in [6.07, 6.45) is -3.45. The van der Waals surface area contributed by atoms with Gasteiger partial charge in [-0.25, -0.2) is 4.98 Å². The van der Waals surface area contributed by atoms with Gasteiger partial charge < -0.3 is 20.1 Å². The zero-order chi connectivity index (χ0) is 16.9. The summed E-state index contributed by atoms with van der Waals surface area (Å²) >= 11 is 0. The third-order valence-corrected chi connectivity index (χ3v) is 3.47. The molecule has 0 amide bonds. The molecule has 9 heteroatoms. The second-order valence-electron chi connectivity index (χ2n) is 5.22. The first-order valence-electron chi connectivity index (χ1n) is 6.79. The lowest BCUT2D eigenvalue weighted by Gasteiger charge is -2.24. The molecular weight excluding hydrogens is 303 g/mol. The zero-order valence-electron chi connectivity index (χ0n) is 12.3. The van der Waals surface area contributed by atoms with Gasteiger partial charge in [-0.15, -0.1) is 0 Å². The number of hydrogen-bond donors (Lipinski definition) is 3. The van der Waals surface area contributed by atoms with Crippen LogP contribution in [0.5, 0.6) is 0 Å². The van der Waals surface area contributed by atoms with Crippen LogP contribution in [0.2, 0.25) is 0 Å². The Balaban J connectivity index is 2.70. The van der Waals surface area contributed by atoms with Crippen LogP contribution in [-0.2, 0) is 17.8 Å². The summed E-state index contributed by atoms with van der Waals surface area (Å²) in [5, 5.41) is 21.5. The van der Waals surface area contributed by atoms with E-state index in [4.69, 9.17) is 5.11 Å². The van der Waals surface area contributed by atoms with Crippen molar-refractivity contribution in [3.63, 3.8) is 0 Å². The highest BCUT2D eigenvalue weighted by atomic mass is 19.4. The number of halogens is 3. The molecule has 6 nitrogen and oxygen atoms in total. The van der Waals surface area contributed by atoms with Gasteiger partial charge >= 0.3 is 12.1 Å². The van der Waals surface area contributed by atoms with Gasteiger partial charge in [0, 0.05) is 18.4 Å². The number of carboxylic acids is 1. The number of carbonyl (C=O) groups is 1. The van der Waals surface area contributed by atoms with Crippen molar-refractivity contribution in [3.05, 3.63) is 18.2 Å². The Morgan fingerprint density at radius 3 is 2.64 bits per heavy atom. The van der Waals surface area contributed by atoms with Crippen LogP contribution >= 0.6 is 0 Å². The number of aromatic nitrogens is 2. The lowest BCUT2D eigenvalue weighted by molar-refractivity contribution is -0.143. The predicted molar refractivity (Wildman–Crippen MR) is 72.3 cm³/mol. The summed E-state index contributed by atoms with van der Waals surface area (Å²) < 4.78 is 38.2. The molecule has 1 heterocycles. The van der Waals surface area contributed by atoms with E-state index in [0.717, 1.165) is 0 Å². The highest BCUT2D eigenvalue weighted by Gasteiger charge is 2.30. The average Bonchev–Trinajstić information content (AvgIpc) is 2.83. The first-order valence-corrected chi connectivity index (χ1v) is 6.79. The normalized spacial score (nSPS) is 16.3. The Labute approximate surface area is 126 Å². The molecule has 0 aliphatic heterocycles. The van der Waals surface area contributed by atoms with Crippen LogP contribution in [0.4, 0.5) is 13.2 Å². The van der Waals surface area contributed by atoms with Crippen LogP contribution in [0.25, 0.3) is 0 Å². The van der Waals surface area contributed by atoms with Crippen molar-refractivity contribution in [2.45, 2.75) is 44.6 Å². The molecule has 3 atom stereocenters. The minimum Gasteiger partial charge on any atom is -0.480 e. The monoisotopic (exact) mass is 323 g/mol. The summed E-state index contributed by atoms with van der Waals surface area (Å²) in [5.41, 5.74) is 0.524. The fourth-order valence-electron chi connectivity index (χ4n) is 2.19. The first-order chi connectivity index (χ1) is 10.2. The maximum Gasteiger partial charge on any atom is 0.390 e. The lowest BCUT2D eigenvalue weighted by atomic mass is 9.93. The van der Waals surface area contributed by atoms with E-state index in [9.17, 15) is 23.1 Å². The van der Waals surface area contributed by atoms with Gasteiger partial charge in [-0.1, -0.05) is 6.92 Å². The molecule has 1 aromatic rings. The minimum atomic E-state index is -4.26. The Morgan fingerprint density at radius 1 is 1.50 bits per heavy atom. The molecule has 0 aromatic carbocycles. The van der Waals surface area contributed by atoms with Crippen LogP contribution in [0.1, 0.15) is 19.0 Å². The maximum atomic E-state index is 12.3. The van der Waals surface area contributed by atoms with Crippen LogP contribution < -0.4 is 5.32 Å². The SMILES string of the molecule is CN[C@H](C(=O)O)[C@H](O)[C@H](C)Cc1cncn1CCC(F)(F)F. The van der Waals surface area contributed by atoms with E-state index in [-0.39, 0.29) is 13.0 Å². The lowest BCUT2D eigenvalue weighted by Crippen LogP contribution is -2.47. The number of hydrogen-bond acceptors (Lipinski definition) is 4. The van der Waals surface area contributed by atoms with Crippen molar-refractivity contribution in [3.8, 4) is 0 Å². The summed E-state index contributed by atoms with van der Waals surface area (Å²) in [4.78, 5) is 14.8. The van der Waals surface area contributed by atoms with E-state index in [1.807, 2.05) is 0 Å². The Bertz CT molecular complexity index is 490. The maximum absolute atomic E-state index is 12.3. The summed E-state index contributed by atoms with van der Waals surface area (Å²) in [7, 11) is 1.42. The molecular formula is C13H20F3N3O3. The average molecular weight is 323 g/mol. The Kier molecular flexibility index (Phi) is 6.36. The van der Waals surface area contributed by atoms with E-state index in [1.165, 1.54) is 24.1 Å². The van der Waals surface area contributed by atoms with E-state index >= 15 is 0 Å². The Hall–Kier alpha value is -1.61. The molecule has 1 rings (SSSR count). The van der Waals surface area contributed by atoms with Gasteiger partial charge in [-0.2, -0.15) is 13.2 Å². The van der Waals surface area contributed by atoms with E-state index in [2.05, 4.69) is 10.3 Å². The Morgan fingerprint density at radius 2 is 2.14 bits per heavy atom. The van der Waals surface area contributed by atoms with Gasteiger partial charge in [0.1, 0.15) is 6.04 Å². The number of aliphatic hydroxyl groups excluding tert-OH is 1. The summed E-state index contributed by atoms with van der Waals surface area (Å²) in [6.45, 7) is 1.38. The number of alkyl halides is 3. The van der Waals surface area contributed by atoms with Crippen molar-refractivity contribution in [2.24, 2.45) is 5.92 Å². The second kappa shape index (κ2) is 7.59. The number of imidazole rings is 1. The molecule has 3 N–H and O–H groups in total. The van der Waals surface area contributed by atoms with E-state index < -0.39 is 36.6 Å². The molecule has 0 aliphatic carbocycles. The van der Waals surface area contributed by atoms with Crippen LogP contribution in [0.3, 0.4) is 0 Å². The van der Waals surface area contributed by atoms with E-state index in [1.54, 1.807) is 6.92 Å². The van der Waals surface area contributed by atoms with Gasteiger partial charge in [0.2, 0.25) is 0 Å². The molecule has 0 bridgehead atoms. The van der Waals surface area contributed by atoms with Crippen molar-refractivity contribution in [1.29, 1.82) is 0 Å². The van der Waals surface area contributed by atoms with Crippen LogP contribution in [-0.4, -0.2) is 51.1 Å². The number of carboxylic acid groups (broad SMARTS) is 1. The fourth-order valence-corrected chi connectivity index (χ4v) is 2.19. The quantitative estimate of drug-likeness (QED) is 0.665. The highest BCUT2D eigenvalue weighted by molar-refractivity contribution is 5.74. The van der Waals surface area contributed by atoms with Crippen molar-refractivity contribution < 1.29 is 28.2 Å². The number of nitrogens with zero attached hydrogens (tertiary/aromatic N) is 2. The van der Waals surface area contributed by atoms with Gasteiger partial charge in [-0.3, -0.25) is 4.79 Å². The zero-order valence-corrected chi connectivity index (χ0v) is 12.3. The van der Waals surface area contributed by atoms with Crippen molar-refractivity contribution in [1.82, 2.24) is 14.9 Å². The van der Waals surface area contributed by atoms with Gasteiger partial charge in [0.15, 0.2) is 0 Å². The molecule has 0 radical (unpaired) electrons. The van der Waals surface area contributed by atoms with Gasteiger partial charge in [-0.05, 0) is 19.4 Å². The number of aryl methyl sites for hydroxylation is 1. The summed E-state index contributed by atoms with van der Waals surface area (Å²) in [6, 6.07) is -1.14. The van der Waals surface area contributed by atoms with Crippen molar-refractivity contribution >= 4 is 5.97 Å². The number of aliphatic hydroxyl groups is 1. The molecule has 22 heavy (non-hydrogen) atoms.